The number of hydrogen-bond acceptors (Lipinski definition) is 6. The van der Waals surface area contributed by atoms with E-state index in [1.165, 1.54) is 23.9 Å². The minimum Gasteiger partial charge on any atom is -0.479 e. The summed E-state index contributed by atoms with van der Waals surface area (Å²) in [5.74, 6) is -0.0655. The van der Waals surface area contributed by atoms with Gasteiger partial charge >= 0.3 is 5.95 Å². The van der Waals surface area contributed by atoms with Gasteiger partial charge in [-0.15, -0.1) is 0 Å². The number of aromatic nitrogens is 1. The summed E-state index contributed by atoms with van der Waals surface area (Å²) in [4.78, 5) is 18.7. The minimum atomic E-state index is -0.491. The average Bonchev–Trinajstić information content (AvgIpc) is 3.06. The van der Waals surface area contributed by atoms with Gasteiger partial charge in [-0.3, -0.25) is 15.1 Å². The van der Waals surface area contributed by atoms with Crippen molar-refractivity contribution < 1.29 is 14.4 Å². The van der Waals surface area contributed by atoms with E-state index in [9.17, 15) is 15.2 Å². The standard InChI is InChI=1S/C20H19N3O4/c1-2-3-5-14-8-10-15(11-9-14)19-22-18(20(24)27-19)13-21-16-6-4-7-17(12-16)23(25)26/h4,6-13,24H,2-3,5H2,1H3. The lowest BCUT2D eigenvalue weighted by Gasteiger charge is -2.00. The van der Waals surface area contributed by atoms with Gasteiger partial charge < -0.3 is 9.52 Å². The zero-order valence-corrected chi connectivity index (χ0v) is 14.8. The molecule has 0 unspecified atom stereocenters. The van der Waals surface area contributed by atoms with E-state index < -0.39 is 4.92 Å². The largest absolute Gasteiger partial charge is 0.479 e. The molecule has 0 aliphatic rings. The summed E-state index contributed by atoms with van der Waals surface area (Å²) in [5, 5.41) is 20.8. The molecule has 0 spiro atoms. The summed E-state index contributed by atoms with van der Waals surface area (Å²) < 4.78 is 5.32. The van der Waals surface area contributed by atoms with Crippen LogP contribution in [-0.4, -0.2) is 21.2 Å². The Bertz CT molecular complexity index is 962. The number of nitro groups is 1. The molecule has 7 nitrogen and oxygen atoms in total. The van der Waals surface area contributed by atoms with Gasteiger partial charge in [-0.05, 0) is 36.6 Å². The second kappa shape index (κ2) is 8.27. The molecule has 1 heterocycles. The van der Waals surface area contributed by atoms with E-state index >= 15 is 0 Å². The summed E-state index contributed by atoms with van der Waals surface area (Å²) in [6, 6.07) is 13.7. The number of nitro benzene ring substituents is 1. The first-order valence-corrected chi connectivity index (χ1v) is 8.64. The van der Waals surface area contributed by atoms with Gasteiger partial charge in [-0.2, -0.15) is 0 Å². The average molecular weight is 365 g/mol. The molecule has 0 radical (unpaired) electrons. The van der Waals surface area contributed by atoms with Crippen molar-refractivity contribution in [2.45, 2.75) is 26.2 Å². The maximum atomic E-state index is 10.8. The summed E-state index contributed by atoms with van der Waals surface area (Å²) in [6.45, 7) is 2.15. The Morgan fingerprint density at radius 2 is 2.04 bits per heavy atom. The quantitative estimate of drug-likeness (QED) is 0.359. The lowest BCUT2D eigenvalue weighted by molar-refractivity contribution is -0.384. The lowest BCUT2D eigenvalue weighted by Crippen LogP contribution is -1.87. The van der Waals surface area contributed by atoms with E-state index in [2.05, 4.69) is 16.9 Å². The Kier molecular flexibility index (Phi) is 5.61. The van der Waals surface area contributed by atoms with Crippen molar-refractivity contribution in [1.82, 2.24) is 4.98 Å². The van der Waals surface area contributed by atoms with Crippen molar-refractivity contribution in [2.24, 2.45) is 4.99 Å². The molecule has 0 saturated heterocycles. The fourth-order valence-electron chi connectivity index (χ4n) is 2.55. The molecule has 0 bridgehead atoms. The van der Waals surface area contributed by atoms with Crippen molar-refractivity contribution in [3.8, 4) is 17.4 Å². The Hall–Kier alpha value is -3.48. The SMILES string of the molecule is CCCCc1ccc(-c2nc(C=Nc3cccc([N+](=O)[O-])c3)c(O)o2)cc1. The summed E-state index contributed by atoms with van der Waals surface area (Å²) in [5.41, 5.74) is 2.47. The molecular weight excluding hydrogens is 346 g/mol. The highest BCUT2D eigenvalue weighted by atomic mass is 16.6. The summed E-state index contributed by atoms with van der Waals surface area (Å²) in [6.07, 6.45) is 4.62. The molecule has 0 saturated carbocycles. The first-order chi connectivity index (χ1) is 13.1. The van der Waals surface area contributed by atoms with Crippen LogP contribution >= 0.6 is 0 Å². The first-order valence-electron chi connectivity index (χ1n) is 8.64. The molecule has 2 aromatic carbocycles. The fourth-order valence-corrected chi connectivity index (χ4v) is 2.55. The van der Waals surface area contributed by atoms with Gasteiger partial charge in [0, 0.05) is 17.7 Å². The summed E-state index contributed by atoms with van der Waals surface area (Å²) in [7, 11) is 0. The molecule has 3 aromatic rings. The maximum Gasteiger partial charge on any atom is 0.312 e. The Morgan fingerprint density at radius 3 is 2.74 bits per heavy atom. The van der Waals surface area contributed by atoms with Crippen molar-refractivity contribution in [3.63, 3.8) is 0 Å². The predicted octanol–water partition coefficient (Wildman–Crippen LogP) is 5.05. The van der Waals surface area contributed by atoms with Crippen LogP contribution in [0.15, 0.2) is 57.9 Å². The van der Waals surface area contributed by atoms with Crippen LogP contribution in [0.3, 0.4) is 0 Å². The van der Waals surface area contributed by atoms with Crippen LogP contribution in [0.1, 0.15) is 31.0 Å². The van der Waals surface area contributed by atoms with E-state index in [1.807, 2.05) is 24.3 Å². The highest BCUT2D eigenvalue weighted by Crippen LogP contribution is 2.27. The zero-order chi connectivity index (χ0) is 19.2. The van der Waals surface area contributed by atoms with Crippen LogP contribution < -0.4 is 0 Å². The third-order valence-corrected chi connectivity index (χ3v) is 4.03. The van der Waals surface area contributed by atoms with Crippen LogP contribution in [0.25, 0.3) is 11.5 Å². The van der Waals surface area contributed by atoms with Gasteiger partial charge in [0.2, 0.25) is 5.89 Å². The smallest absolute Gasteiger partial charge is 0.312 e. The van der Waals surface area contributed by atoms with E-state index in [1.54, 1.807) is 12.1 Å². The van der Waals surface area contributed by atoms with Crippen LogP contribution in [0.2, 0.25) is 0 Å². The third kappa shape index (κ3) is 4.58. The molecule has 0 aliphatic carbocycles. The van der Waals surface area contributed by atoms with Gasteiger partial charge in [0.05, 0.1) is 16.8 Å². The molecule has 0 atom stereocenters. The predicted molar refractivity (Wildman–Crippen MR) is 103 cm³/mol. The molecule has 1 N–H and O–H groups in total. The first kappa shape index (κ1) is 18.3. The second-order valence-corrected chi connectivity index (χ2v) is 6.05. The van der Waals surface area contributed by atoms with E-state index in [0.717, 1.165) is 24.8 Å². The topological polar surface area (TPSA) is 102 Å². The number of aliphatic imine (C=N–C) groups is 1. The number of benzene rings is 2. The normalized spacial score (nSPS) is 11.1. The second-order valence-electron chi connectivity index (χ2n) is 6.05. The molecule has 3 rings (SSSR count). The van der Waals surface area contributed by atoms with Gasteiger partial charge in [0.15, 0.2) is 5.69 Å². The number of hydrogen-bond donors (Lipinski definition) is 1. The molecule has 27 heavy (non-hydrogen) atoms. The molecular formula is C20H19N3O4. The monoisotopic (exact) mass is 365 g/mol. The number of nitrogens with zero attached hydrogens (tertiary/aromatic N) is 3. The van der Waals surface area contributed by atoms with E-state index in [-0.39, 0.29) is 23.2 Å². The Morgan fingerprint density at radius 1 is 1.26 bits per heavy atom. The zero-order valence-electron chi connectivity index (χ0n) is 14.8. The number of oxazole rings is 1. The van der Waals surface area contributed by atoms with Crippen LogP contribution in [-0.2, 0) is 6.42 Å². The number of unbranched alkanes of at least 4 members (excludes halogenated alkanes) is 1. The van der Waals surface area contributed by atoms with Crippen LogP contribution in [0.4, 0.5) is 11.4 Å². The van der Waals surface area contributed by atoms with Gasteiger partial charge in [-0.1, -0.05) is 31.5 Å². The van der Waals surface area contributed by atoms with Crippen molar-refractivity contribution >= 4 is 17.6 Å². The Balaban J connectivity index is 1.78. The van der Waals surface area contributed by atoms with Crippen LogP contribution in [0.5, 0.6) is 5.95 Å². The van der Waals surface area contributed by atoms with Crippen molar-refractivity contribution in [2.75, 3.05) is 0 Å². The molecule has 1 aromatic heterocycles. The number of aryl methyl sites for hydroxylation is 1. The summed E-state index contributed by atoms with van der Waals surface area (Å²) >= 11 is 0. The lowest BCUT2D eigenvalue weighted by atomic mass is 10.1. The van der Waals surface area contributed by atoms with E-state index in [4.69, 9.17) is 4.42 Å². The fraction of sp³-hybridized carbons (Fsp3) is 0.200. The van der Waals surface area contributed by atoms with Gasteiger partial charge in [0.25, 0.3) is 5.69 Å². The highest BCUT2D eigenvalue weighted by Gasteiger charge is 2.12. The molecule has 138 valence electrons. The van der Waals surface area contributed by atoms with Crippen molar-refractivity contribution in [3.05, 3.63) is 69.9 Å². The maximum absolute atomic E-state index is 10.8. The van der Waals surface area contributed by atoms with Crippen LogP contribution in [0, 0.1) is 10.1 Å². The van der Waals surface area contributed by atoms with Crippen molar-refractivity contribution in [1.29, 1.82) is 0 Å². The molecule has 0 amide bonds. The van der Waals surface area contributed by atoms with E-state index in [0.29, 0.717) is 5.69 Å². The number of aromatic hydroxyl groups is 1. The molecule has 7 heteroatoms. The van der Waals surface area contributed by atoms with Gasteiger partial charge in [0.1, 0.15) is 0 Å². The highest BCUT2D eigenvalue weighted by molar-refractivity contribution is 5.83. The third-order valence-electron chi connectivity index (χ3n) is 4.03. The number of rotatable bonds is 7. The minimum absolute atomic E-state index is 0.0575. The molecule has 0 aliphatic heterocycles. The Labute approximate surface area is 156 Å². The number of non-ortho nitro benzene ring substituents is 1. The van der Waals surface area contributed by atoms with Gasteiger partial charge in [-0.25, -0.2) is 4.98 Å². The molecule has 0 fully saturated rings.